The van der Waals surface area contributed by atoms with Crippen LogP contribution in [0.1, 0.15) is 106 Å². The monoisotopic (exact) mass is 454 g/mol. The van der Waals surface area contributed by atoms with Gasteiger partial charge in [0.25, 0.3) is 0 Å². The van der Waals surface area contributed by atoms with E-state index in [-0.39, 0.29) is 5.41 Å². The van der Waals surface area contributed by atoms with Crippen molar-refractivity contribution < 1.29 is 0 Å². The van der Waals surface area contributed by atoms with Gasteiger partial charge in [-0.25, -0.2) is 0 Å². The van der Waals surface area contributed by atoms with Gasteiger partial charge in [0.1, 0.15) is 0 Å². The van der Waals surface area contributed by atoms with Gasteiger partial charge in [-0.2, -0.15) is 0 Å². The van der Waals surface area contributed by atoms with Crippen LogP contribution in [0.3, 0.4) is 0 Å². The molecule has 1 heteroatoms. The molecule has 25 heavy (non-hydrogen) atoms. The van der Waals surface area contributed by atoms with Crippen LogP contribution in [0.15, 0.2) is 9.67 Å². The van der Waals surface area contributed by atoms with Gasteiger partial charge in [0.15, 0.2) is 0 Å². The predicted molar refractivity (Wildman–Crippen MR) is 120 cm³/mol. The average Bonchev–Trinajstić information content (AvgIpc) is 2.57. The number of rotatable bonds is 13. The van der Waals surface area contributed by atoms with E-state index in [4.69, 9.17) is 0 Å². The molecule has 146 valence electrons. The Kier molecular flexibility index (Phi) is 14.2. The second kappa shape index (κ2) is 14.2. The first kappa shape index (κ1) is 25.1. The number of unbranched alkanes of at least 4 members (excludes halogenated alkanes) is 4. The van der Waals surface area contributed by atoms with Gasteiger partial charge in [-0.15, -0.1) is 0 Å². The molecule has 0 nitrogen and oxygen atoms in total. The summed E-state index contributed by atoms with van der Waals surface area (Å²) in [6, 6.07) is 0. The minimum atomic E-state index is -2.27. The number of hydrogen-bond acceptors (Lipinski definition) is 0. The summed E-state index contributed by atoms with van der Waals surface area (Å²) < 4.78 is 6.58. The molecule has 0 spiro atoms. The predicted octanol–water partition coefficient (Wildman–Crippen LogP) is 8.54. The number of hydrogen-bond donors (Lipinski definition) is 0. The van der Waals surface area contributed by atoms with Gasteiger partial charge in [-0.05, 0) is 0 Å². The molecule has 0 aliphatic carbocycles. The van der Waals surface area contributed by atoms with E-state index in [0.29, 0.717) is 0 Å². The molecular weight excluding hydrogens is 407 g/mol. The third kappa shape index (κ3) is 11.4. The van der Waals surface area contributed by atoms with Gasteiger partial charge >= 0.3 is 165 Å². The van der Waals surface area contributed by atoms with Gasteiger partial charge < -0.3 is 0 Å². The molecule has 0 rings (SSSR count). The first-order valence-corrected chi connectivity index (χ1v) is 18.6. The first-order chi connectivity index (χ1) is 11.8. The summed E-state index contributed by atoms with van der Waals surface area (Å²) in [4.78, 5) is 0. The Morgan fingerprint density at radius 2 is 1.20 bits per heavy atom. The maximum absolute atomic E-state index is 3.51. The minimum absolute atomic E-state index is 0.112. The third-order valence-electron chi connectivity index (χ3n) is 5.20. The number of allylic oxidation sites excluding steroid dienone is 2. The summed E-state index contributed by atoms with van der Waals surface area (Å²) in [5, 5.41) is 0. The van der Waals surface area contributed by atoms with E-state index < -0.39 is 18.4 Å². The van der Waals surface area contributed by atoms with Crippen LogP contribution in [0.4, 0.5) is 0 Å². The molecular formula is C24H46Sn. The molecule has 0 aromatic carbocycles. The van der Waals surface area contributed by atoms with Gasteiger partial charge in [0, 0.05) is 0 Å². The van der Waals surface area contributed by atoms with Crippen LogP contribution in [-0.4, -0.2) is 18.4 Å². The van der Waals surface area contributed by atoms with Crippen molar-refractivity contribution in [3.8, 4) is 11.8 Å². The van der Waals surface area contributed by atoms with E-state index in [1.165, 1.54) is 57.8 Å². The molecule has 0 bridgehead atoms. The van der Waals surface area contributed by atoms with Crippen LogP contribution in [0.2, 0.25) is 13.3 Å². The van der Waals surface area contributed by atoms with Gasteiger partial charge in [0.2, 0.25) is 0 Å². The second-order valence-electron chi connectivity index (χ2n) is 8.88. The van der Waals surface area contributed by atoms with Crippen LogP contribution >= 0.6 is 0 Å². The van der Waals surface area contributed by atoms with Crippen molar-refractivity contribution in [1.29, 1.82) is 0 Å². The van der Waals surface area contributed by atoms with E-state index in [2.05, 4.69) is 66.4 Å². The zero-order valence-corrected chi connectivity index (χ0v) is 21.4. The summed E-state index contributed by atoms with van der Waals surface area (Å²) in [6.45, 7) is 16.1. The van der Waals surface area contributed by atoms with Crippen LogP contribution in [-0.2, 0) is 0 Å². The molecule has 0 fully saturated rings. The molecule has 0 amide bonds. The van der Waals surface area contributed by atoms with Crippen LogP contribution in [0.25, 0.3) is 0 Å². The molecule has 0 atom stereocenters. The topological polar surface area (TPSA) is 0 Å². The molecule has 0 saturated heterocycles. The molecule has 0 saturated carbocycles. The van der Waals surface area contributed by atoms with Crippen LogP contribution in [0, 0.1) is 17.3 Å². The van der Waals surface area contributed by atoms with Gasteiger partial charge in [-0.3, -0.25) is 0 Å². The van der Waals surface area contributed by atoms with Crippen molar-refractivity contribution in [2.45, 2.75) is 120 Å². The normalized spacial score (nSPS) is 12.8. The molecule has 0 heterocycles. The van der Waals surface area contributed by atoms with Gasteiger partial charge in [-0.1, -0.05) is 0 Å². The van der Waals surface area contributed by atoms with Crippen molar-refractivity contribution in [1.82, 2.24) is 0 Å². The fourth-order valence-corrected chi connectivity index (χ4v) is 20.4. The zero-order valence-electron chi connectivity index (χ0n) is 18.6. The Labute approximate surface area is 164 Å². The van der Waals surface area contributed by atoms with Crippen molar-refractivity contribution in [3.63, 3.8) is 0 Å². The fraction of sp³-hybridized carbons (Fsp3) is 0.833. The molecule has 0 aliphatic rings. The van der Waals surface area contributed by atoms with Crippen LogP contribution in [0.5, 0.6) is 0 Å². The average molecular weight is 453 g/mol. The van der Waals surface area contributed by atoms with Crippen molar-refractivity contribution in [2.75, 3.05) is 0 Å². The summed E-state index contributed by atoms with van der Waals surface area (Å²) in [7, 11) is 0. The summed E-state index contributed by atoms with van der Waals surface area (Å²) >= 11 is -2.27. The third-order valence-corrected chi connectivity index (χ3v) is 21.4. The fourth-order valence-electron chi connectivity index (χ4n) is 3.60. The molecule has 0 aromatic rings. The molecule has 0 unspecified atom stereocenters. The molecule has 0 aliphatic heterocycles. The Morgan fingerprint density at radius 3 is 1.56 bits per heavy atom. The Bertz CT molecular complexity index is 392. The molecule has 0 aromatic heterocycles. The Morgan fingerprint density at radius 1 is 0.760 bits per heavy atom. The van der Waals surface area contributed by atoms with Crippen molar-refractivity contribution in [2.24, 2.45) is 5.41 Å². The summed E-state index contributed by atoms with van der Waals surface area (Å²) in [6.07, 6.45) is 14.8. The van der Waals surface area contributed by atoms with E-state index in [1.807, 2.05) is 3.59 Å². The van der Waals surface area contributed by atoms with E-state index in [0.717, 1.165) is 0 Å². The Balaban J connectivity index is 5.77. The standard InChI is InChI=1S/C12H19.3C4H9.Sn/c1-5-6-7-8-9-10-11-12(2,3)4;3*1-3-4-2;/h9H,5-7H2,1-4H3;3*1,3-4H2,2H3;. The van der Waals surface area contributed by atoms with Crippen molar-refractivity contribution in [3.05, 3.63) is 9.67 Å². The zero-order chi connectivity index (χ0) is 19.2. The van der Waals surface area contributed by atoms with E-state index >= 15 is 0 Å². The van der Waals surface area contributed by atoms with Gasteiger partial charge in [0.05, 0.1) is 0 Å². The van der Waals surface area contributed by atoms with E-state index in [1.54, 1.807) is 13.3 Å². The summed E-state index contributed by atoms with van der Waals surface area (Å²) in [5.74, 6) is 6.99. The first-order valence-electron chi connectivity index (χ1n) is 11.1. The summed E-state index contributed by atoms with van der Waals surface area (Å²) in [5.41, 5.74) is 0.112. The van der Waals surface area contributed by atoms with Crippen LogP contribution < -0.4 is 0 Å². The van der Waals surface area contributed by atoms with E-state index in [9.17, 15) is 0 Å². The SMILES string of the molecule is CCCC/[C](=C\C#CC(C)(C)C)[Sn]([CH2]CCC)([CH2]CCC)[CH2]CCC. The van der Waals surface area contributed by atoms with Crippen molar-refractivity contribution >= 4 is 18.4 Å². The molecule has 0 N–H and O–H groups in total. The quantitative estimate of drug-likeness (QED) is 0.194. The second-order valence-corrected chi connectivity index (χ2v) is 22.3. The maximum atomic E-state index is 3.51. The molecule has 0 radical (unpaired) electrons. The Hall–Kier alpha value is 0.0987.